The topological polar surface area (TPSA) is 146 Å². The molecule has 48 heavy (non-hydrogen) atoms. The highest BCUT2D eigenvalue weighted by molar-refractivity contribution is 5.67. The molecule has 3 aliphatic rings. The van der Waals surface area contributed by atoms with Crippen LogP contribution in [0.2, 0.25) is 0 Å². The fourth-order valence-corrected chi connectivity index (χ4v) is 6.84. The average Bonchev–Trinajstić information content (AvgIpc) is 3.59. The Bertz CT molecular complexity index is 1540. The zero-order valence-electron chi connectivity index (χ0n) is 26.9. The van der Waals surface area contributed by atoms with E-state index in [-0.39, 0.29) is 37.2 Å². The van der Waals surface area contributed by atoms with E-state index in [1.54, 1.807) is 30.6 Å². The lowest BCUT2D eigenvalue weighted by Gasteiger charge is -2.43. The zero-order chi connectivity index (χ0) is 33.7. The molecule has 2 aromatic heterocycles. The molecule has 2 bridgehead atoms. The van der Waals surface area contributed by atoms with Crippen molar-refractivity contribution in [2.24, 2.45) is 5.73 Å². The summed E-state index contributed by atoms with van der Waals surface area (Å²) in [6.07, 6.45) is 6.86. The third-order valence-corrected chi connectivity index (χ3v) is 9.18. The first-order valence-corrected chi connectivity index (χ1v) is 16.4. The number of halogens is 3. The number of nitriles is 1. The van der Waals surface area contributed by atoms with Crippen LogP contribution in [-0.2, 0) is 9.47 Å². The van der Waals surface area contributed by atoms with Crippen LogP contribution in [0.25, 0.3) is 11.1 Å². The van der Waals surface area contributed by atoms with Gasteiger partial charge in [-0.25, -0.2) is 9.97 Å². The maximum absolute atomic E-state index is 12.5. The molecule has 1 aromatic carbocycles. The summed E-state index contributed by atoms with van der Waals surface area (Å²) in [4.78, 5) is 11.6. The molecule has 3 N–H and O–H groups in total. The molecule has 6 rings (SSSR count). The van der Waals surface area contributed by atoms with Crippen molar-refractivity contribution < 1.29 is 32.1 Å². The van der Waals surface area contributed by atoms with Crippen LogP contribution >= 0.6 is 0 Å². The molecule has 3 aromatic rings. The molecule has 1 saturated carbocycles. The Morgan fingerprint density at radius 2 is 1.71 bits per heavy atom. The second-order valence-corrected chi connectivity index (χ2v) is 12.6. The Kier molecular flexibility index (Phi) is 10.6. The van der Waals surface area contributed by atoms with Crippen molar-refractivity contribution in [3.63, 3.8) is 0 Å². The monoisotopic (exact) mass is 670 g/mol. The summed E-state index contributed by atoms with van der Waals surface area (Å²) < 4.78 is 61.6. The number of rotatable bonds is 13. The second kappa shape index (κ2) is 15.1. The maximum Gasteiger partial charge on any atom is 0.411 e. The molecule has 15 heteroatoms. The highest BCUT2D eigenvalue weighted by Crippen LogP contribution is 2.39. The van der Waals surface area contributed by atoms with Gasteiger partial charge in [0.05, 0.1) is 37.6 Å². The Morgan fingerprint density at radius 1 is 1.02 bits per heavy atom. The third-order valence-electron chi connectivity index (χ3n) is 9.18. The number of hydrogen-bond acceptors (Lipinski definition) is 11. The van der Waals surface area contributed by atoms with E-state index in [9.17, 15) is 18.4 Å². The summed E-state index contributed by atoms with van der Waals surface area (Å²) in [5.74, 6) is 0.939. The van der Waals surface area contributed by atoms with Crippen LogP contribution in [0, 0.1) is 11.3 Å². The zero-order valence-corrected chi connectivity index (χ0v) is 26.9. The Morgan fingerprint density at radius 3 is 2.38 bits per heavy atom. The van der Waals surface area contributed by atoms with Crippen LogP contribution in [0.3, 0.4) is 0 Å². The molecule has 2 aliphatic heterocycles. The lowest BCUT2D eigenvalue weighted by Crippen LogP contribution is -2.52. The average molecular weight is 671 g/mol. The Hall–Kier alpha value is -3.97. The van der Waals surface area contributed by atoms with Crippen LogP contribution < -0.4 is 20.5 Å². The normalized spacial score (nSPS) is 23.4. The van der Waals surface area contributed by atoms with Crippen LogP contribution in [0.1, 0.15) is 57.1 Å². The largest absolute Gasteiger partial charge is 0.488 e. The van der Waals surface area contributed by atoms with Gasteiger partial charge in [0.1, 0.15) is 36.8 Å². The summed E-state index contributed by atoms with van der Waals surface area (Å²) >= 11 is 0. The van der Waals surface area contributed by atoms with Gasteiger partial charge >= 0.3 is 6.18 Å². The van der Waals surface area contributed by atoms with E-state index in [1.165, 1.54) is 12.8 Å². The predicted molar refractivity (Wildman–Crippen MR) is 170 cm³/mol. The third kappa shape index (κ3) is 8.18. The number of nitrogens with two attached hydrogens (primary N) is 1. The minimum absolute atomic E-state index is 0.111. The molecular formula is C33H41F3N8O4. The highest BCUT2D eigenvalue weighted by Gasteiger charge is 2.42. The summed E-state index contributed by atoms with van der Waals surface area (Å²) in [5, 5.41) is 17.3. The van der Waals surface area contributed by atoms with Crippen molar-refractivity contribution >= 4 is 11.6 Å². The van der Waals surface area contributed by atoms with E-state index in [2.05, 4.69) is 26.3 Å². The summed E-state index contributed by atoms with van der Waals surface area (Å²) in [5.41, 5.74) is 8.05. The number of benzene rings is 1. The van der Waals surface area contributed by atoms with Gasteiger partial charge in [-0.2, -0.15) is 18.4 Å². The summed E-state index contributed by atoms with van der Waals surface area (Å²) in [6, 6.07) is 9.07. The standard InChI is InChI=1S/C33H41F3N8O4/c1-21(13-37)48-30-12-22(2-3-23(30)14-38)24-15-39-32(40-16-24)41-29-17-43(42-31(29)47-11-10-45-20-33(34,35)36)25-4-6-26(7-5-25)44-27-8-9-28(44)19-46-18-27/h2-3,12,15-17,21,25-28H,4-11,13,18-20,37H2,1H3,(H,39,40,41)/t21-,25-,26-,27-,28+/m0/s1. The van der Waals surface area contributed by atoms with Gasteiger partial charge in [-0.3, -0.25) is 9.58 Å². The molecule has 0 amide bonds. The number of nitrogens with one attached hydrogen (secondary N) is 1. The molecule has 1 aliphatic carbocycles. The van der Waals surface area contributed by atoms with Crippen LogP contribution in [0.5, 0.6) is 11.6 Å². The number of ether oxygens (including phenoxy) is 4. The lowest BCUT2D eigenvalue weighted by atomic mass is 9.89. The maximum atomic E-state index is 12.5. The molecule has 12 nitrogen and oxygen atoms in total. The quantitative estimate of drug-likeness (QED) is 0.237. The van der Waals surface area contributed by atoms with E-state index in [0.29, 0.717) is 47.2 Å². The van der Waals surface area contributed by atoms with Gasteiger partial charge in [-0.15, -0.1) is 5.10 Å². The minimum atomic E-state index is -4.41. The molecular weight excluding hydrogens is 629 g/mol. The molecule has 4 heterocycles. The van der Waals surface area contributed by atoms with Crippen molar-refractivity contribution in [2.75, 3.05) is 44.9 Å². The number of anilines is 2. The highest BCUT2D eigenvalue weighted by atomic mass is 19.4. The molecule has 3 fully saturated rings. The van der Waals surface area contributed by atoms with Crippen LogP contribution in [0.4, 0.5) is 24.8 Å². The number of fused-ring (bicyclic) bond motifs is 2. The van der Waals surface area contributed by atoms with E-state index in [0.717, 1.165) is 44.5 Å². The van der Waals surface area contributed by atoms with Crippen LogP contribution in [-0.4, -0.2) is 94.6 Å². The summed E-state index contributed by atoms with van der Waals surface area (Å²) in [7, 11) is 0. The Labute approximate surface area is 277 Å². The van der Waals surface area contributed by atoms with Gasteiger partial charge in [0, 0.05) is 42.6 Å². The molecule has 0 unspecified atom stereocenters. The van der Waals surface area contributed by atoms with Crippen LogP contribution in [0.15, 0.2) is 36.8 Å². The number of nitrogens with zero attached hydrogens (tertiary/aromatic N) is 6. The first-order chi connectivity index (χ1) is 23.2. The van der Waals surface area contributed by atoms with E-state index < -0.39 is 12.8 Å². The van der Waals surface area contributed by atoms with Crippen molar-refractivity contribution in [3.05, 3.63) is 42.4 Å². The number of aromatic nitrogens is 4. The first-order valence-electron chi connectivity index (χ1n) is 16.4. The van der Waals surface area contributed by atoms with Gasteiger partial charge < -0.3 is 30.0 Å². The summed E-state index contributed by atoms with van der Waals surface area (Å²) in [6.45, 7) is 2.06. The SMILES string of the molecule is C[C@@H](CN)Oc1cc(-c2cnc(Nc3cn([C@H]4CC[C@H](N5[C@@H]6CC[C@H]5COC6)CC4)nc3OCCOCC(F)(F)F)nc2)ccc1C#N. The van der Waals surface area contributed by atoms with Crippen molar-refractivity contribution in [3.8, 4) is 28.8 Å². The van der Waals surface area contributed by atoms with E-state index in [4.69, 9.17) is 29.8 Å². The van der Waals surface area contributed by atoms with Gasteiger partial charge in [0.2, 0.25) is 5.95 Å². The van der Waals surface area contributed by atoms with E-state index >= 15 is 0 Å². The predicted octanol–water partition coefficient (Wildman–Crippen LogP) is 4.99. The first kappa shape index (κ1) is 33.9. The van der Waals surface area contributed by atoms with Crippen molar-refractivity contribution in [2.45, 2.75) is 81.9 Å². The fraction of sp³-hybridized carbons (Fsp3) is 0.576. The van der Waals surface area contributed by atoms with Crippen molar-refractivity contribution in [1.29, 1.82) is 5.26 Å². The van der Waals surface area contributed by atoms with Gasteiger partial charge in [-0.05, 0) is 63.1 Å². The molecule has 3 atom stereocenters. The smallest absolute Gasteiger partial charge is 0.411 e. The van der Waals surface area contributed by atoms with Gasteiger partial charge in [0.15, 0.2) is 0 Å². The van der Waals surface area contributed by atoms with Gasteiger partial charge in [-0.1, -0.05) is 6.07 Å². The fourth-order valence-electron chi connectivity index (χ4n) is 6.84. The van der Waals surface area contributed by atoms with E-state index in [1.807, 2.05) is 17.8 Å². The molecule has 258 valence electrons. The molecule has 0 radical (unpaired) electrons. The minimum Gasteiger partial charge on any atom is -0.488 e. The van der Waals surface area contributed by atoms with Gasteiger partial charge in [0.25, 0.3) is 5.88 Å². The number of hydrogen-bond donors (Lipinski definition) is 2. The second-order valence-electron chi connectivity index (χ2n) is 12.6. The number of alkyl halides is 3. The molecule has 2 saturated heterocycles. The molecule has 0 spiro atoms. The number of morpholine rings is 1. The van der Waals surface area contributed by atoms with Crippen molar-refractivity contribution in [1.82, 2.24) is 24.6 Å². The Balaban J connectivity index is 1.14. The lowest BCUT2D eigenvalue weighted by molar-refractivity contribution is -0.175.